The lowest BCUT2D eigenvalue weighted by Gasteiger charge is -2.09. The number of hydrogen-bond donors (Lipinski definition) is 1. The number of nitrogens with one attached hydrogen (secondary N) is 1. The topological polar surface area (TPSA) is 29.1 Å². The van der Waals surface area contributed by atoms with Crippen LogP contribution in [0.1, 0.15) is 25.7 Å². The summed E-state index contributed by atoms with van der Waals surface area (Å²) in [6.45, 7) is 0.929. The van der Waals surface area contributed by atoms with E-state index >= 15 is 0 Å². The van der Waals surface area contributed by atoms with Gasteiger partial charge in [0.05, 0.1) is 6.04 Å². The van der Waals surface area contributed by atoms with Crippen LogP contribution < -0.4 is 5.32 Å². The molecule has 1 N–H and O–H groups in total. The normalized spacial score (nSPS) is 25.2. The van der Waals surface area contributed by atoms with Gasteiger partial charge >= 0.3 is 0 Å². The summed E-state index contributed by atoms with van der Waals surface area (Å²) in [6.07, 6.45) is 9.41. The van der Waals surface area contributed by atoms with Crippen LogP contribution in [0, 0.1) is 12.3 Å². The van der Waals surface area contributed by atoms with Gasteiger partial charge < -0.3 is 5.32 Å². The molecule has 1 saturated heterocycles. The van der Waals surface area contributed by atoms with Crippen molar-refractivity contribution in [2.24, 2.45) is 0 Å². The monoisotopic (exact) mass is 151 g/mol. The lowest BCUT2D eigenvalue weighted by Crippen LogP contribution is -2.35. The Hall–Kier alpha value is -0.810. The zero-order valence-corrected chi connectivity index (χ0v) is 6.60. The molecule has 1 rings (SSSR count). The number of carbonyl (C=O) groups is 1. The molecule has 60 valence electrons. The molecule has 1 unspecified atom stereocenters. The molecule has 0 amide bonds. The van der Waals surface area contributed by atoms with Gasteiger partial charge in [-0.3, -0.25) is 4.79 Å². The molecular weight excluding hydrogens is 138 g/mol. The summed E-state index contributed by atoms with van der Waals surface area (Å²) in [6, 6.07) is -0.0671. The number of carbonyl (C=O) groups excluding carboxylic acids is 1. The van der Waals surface area contributed by atoms with E-state index in [1.165, 1.54) is 6.42 Å². The maximum atomic E-state index is 11.0. The molecule has 1 aliphatic rings. The third-order valence-corrected chi connectivity index (χ3v) is 2.02. The second-order valence-corrected chi connectivity index (χ2v) is 2.86. The average molecular weight is 151 g/mol. The lowest BCUT2D eigenvalue weighted by molar-refractivity contribution is -0.115. The predicted octanol–water partition coefficient (Wildman–Crippen LogP) is 0.721. The van der Waals surface area contributed by atoms with Gasteiger partial charge in [0.15, 0.2) is 0 Å². The van der Waals surface area contributed by atoms with Crippen LogP contribution in [0.15, 0.2) is 0 Å². The molecule has 0 aromatic rings. The van der Waals surface area contributed by atoms with Crippen molar-refractivity contribution in [2.45, 2.75) is 31.7 Å². The number of Topliss-reactive ketones (excluding diaryl/α,β-unsaturated/α-hetero) is 1. The first-order chi connectivity index (χ1) is 5.34. The number of ketones is 1. The van der Waals surface area contributed by atoms with E-state index in [9.17, 15) is 4.79 Å². The van der Waals surface area contributed by atoms with Gasteiger partial charge in [0.25, 0.3) is 0 Å². The number of hydrogen-bond acceptors (Lipinski definition) is 2. The van der Waals surface area contributed by atoms with Crippen molar-refractivity contribution >= 4 is 5.78 Å². The largest absolute Gasteiger partial charge is 0.307 e. The Kier molecular flexibility index (Phi) is 3.13. The van der Waals surface area contributed by atoms with E-state index < -0.39 is 0 Å². The van der Waals surface area contributed by atoms with Crippen LogP contribution in [0.3, 0.4) is 0 Å². The highest BCUT2D eigenvalue weighted by Crippen LogP contribution is 2.08. The molecule has 0 saturated carbocycles. The fraction of sp³-hybridized carbons (Fsp3) is 0.667. The van der Waals surface area contributed by atoms with Crippen LogP contribution >= 0.6 is 0 Å². The highest BCUT2D eigenvalue weighted by Gasteiger charge is 2.16. The SMILES string of the molecule is C#CC(=O)C1CCCCCN1. The van der Waals surface area contributed by atoms with Crippen LogP contribution in [-0.2, 0) is 4.79 Å². The zero-order chi connectivity index (χ0) is 8.10. The van der Waals surface area contributed by atoms with E-state index in [1.807, 2.05) is 0 Å². The first kappa shape index (κ1) is 8.29. The van der Waals surface area contributed by atoms with Crippen molar-refractivity contribution in [3.05, 3.63) is 0 Å². The average Bonchev–Trinajstić information content (AvgIpc) is 2.30. The smallest absolute Gasteiger partial charge is 0.222 e. The summed E-state index contributed by atoms with van der Waals surface area (Å²) < 4.78 is 0. The minimum absolute atomic E-state index is 0.0671. The number of terminal acetylenes is 1. The molecule has 0 aromatic heterocycles. The molecule has 1 heterocycles. The molecule has 0 spiro atoms. The molecule has 2 heteroatoms. The molecule has 0 aromatic carbocycles. The highest BCUT2D eigenvalue weighted by atomic mass is 16.1. The van der Waals surface area contributed by atoms with E-state index in [-0.39, 0.29) is 11.8 Å². The van der Waals surface area contributed by atoms with E-state index in [0.717, 1.165) is 25.8 Å². The Morgan fingerprint density at radius 2 is 2.27 bits per heavy atom. The van der Waals surface area contributed by atoms with Crippen molar-refractivity contribution in [1.82, 2.24) is 5.32 Å². The van der Waals surface area contributed by atoms with Crippen molar-refractivity contribution in [2.75, 3.05) is 6.54 Å². The predicted molar refractivity (Wildman–Crippen MR) is 44.1 cm³/mol. The standard InChI is InChI=1S/C9H13NO/c1-2-9(11)8-6-4-3-5-7-10-8/h1,8,10H,3-7H2. The molecule has 0 aliphatic carbocycles. The second-order valence-electron chi connectivity index (χ2n) is 2.86. The quantitative estimate of drug-likeness (QED) is 0.442. The van der Waals surface area contributed by atoms with Gasteiger partial charge in [-0.05, 0) is 25.3 Å². The molecule has 0 bridgehead atoms. The first-order valence-corrected chi connectivity index (χ1v) is 4.08. The molecule has 1 atom stereocenters. The van der Waals surface area contributed by atoms with E-state index in [4.69, 9.17) is 6.42 Å². The van der Waals surface area contributed by atoms with Crippen LogP contribution in [0.4, 0.5) is 0 Å². The third-order valence-electron chi connectivity index (χ3n) is 2.02. The van der Waals surface area contributed by atoms with Crippen LogP contribution in [-0.4, -0.2) is 18.4 Å². The van der Waals surface area contributed by atoms with Crippen molar-refractivity contribution < 1.29 is 4.79 Å². The van der Waals surface area contributed by atoms with Gasteiger partial charge in [-0.15, -0.1) is 6.42 Å². The Balaban J connectivity index is 2.44. The van der Waals surface area contributed by atoms with Gasteiger partial charge in [0.2, 0.25) is 5.78 Å². The molecule has 11 heavy (non-hydrogen) atoms. The summed E-state index contributed by atoms with van der Waals surface area (Å²) in [5.41, 5.74) is 0. The van der Waals surface area contributed by atoms with Gasteiger partial charge in [-0.2, -0.15) is 0 Å². The first-order valence-electron chi connectivity index (χ1n) is 4.08. The summed E-state index contributed by atoms with van der Waals surface area (Å²) >= 11 is 0. The summed E-state index contributed by atoms with van der Waals surface area (Å²) in [5.74, 6) is 2.07. The van der Waals surface area contributed by atoms with Crippen molar-refractivity contribution in [1.29, 1.82) is 0 Å². The summed E-state index contributed by atoms with van der Waals surface area (Å²) in [4.78, 5) is 11.0. The fourth-order valence-corrected chi connectivity index (χ4v) is 1.35. The molecule has 1 aliphatic heterocycles. The Morgan fingerprint density at radius 3 is 3.00 bits per heavy atom. The molecule has 0 radical (unpaired) electrons. The Bertz CT molecular complexity index is 172. The van der Waals surface area contributed by atoms with Crippen LogP contribution in [0.2, 0.25) is 0 Å². The van der Waals surface area contributed by atoms with Gasteiger partial charge in [-0.1, -0.05) is 12.8 Å². The lowest BCUT2D eigenvalue weighted by atomic mass is 10.1. The van der Waals surface area contributed by atoms with Crippen molar-refractivity contribution in [3.8, 4) is 12.3 Å². The summed E-state index contributed by atoms with van der Waals surface area (Å²) in [5, 5.41) is 3.14. The third kappa shape index (κ3) is 2.36. The van der Waals surface area contributed by atoms with Gasteiger partial charge in [0, 0.05) is 0 Å². The van der Waals surface area contributed by atoms with Crippen LogP contribution in [0.25, 0.3) is 0 Å². The molecule has 1 fully saturated rings. The maximum Gasteiger partial charge on any atom is 0.222 e. The van der Waals surface area contributed by atoms with Gasteiger partial charge in [0.1, 0.15) is 0 Å². The highest BCUT2D eigenvalue weighted by molar-refractivity contribution is 5.99. The minimum atomic E-state index is -0.0908. The van der Waals surface area contributed by atoms with Gasteiger partial charge in [-0.25, -0.2) is 0 Å². The van der Waals surface area contributed by atoms with Crippen LogP contribution in [0.5, 0.6) is 0 Å². The number of rotatable bonds is 1. The minimum Gasteiger partial charge on any atom is -0.307 e. The molecular formula is C9H13NO. The fourth-order valence-electron chi connectivity index (χ4n) is 1.35. The zero-order valence-electron chi connectivity index (χ0n) is 6.60. The Labute approximate surface area is 67.4 Å². The van der Waals surface area contributed by atoms with E-state index in [2.05, 4.69) is 11.2 Å². The Morgan fingerprint density at radius 1 is 1.45 bits per heavy atom. The summed E-state index contributed by atoms with van der Waals surface area (Å²) in [7, 11) is 0. The van der Waals surface area contributed by atoms with E-state index in [0.29, 0.717) is 0 Å². The maximum absolute atomic E-state index is 11.0. The van der Waals surface area contributed by atoms with Crippen molar-refractivity contribution in [3.63, 3.8) is 0 Å². The second kappa shape index (κ2) is 4.15. The van der Waals surface area contributed by atoms with E-state index in [1.54, 1.807) is 0 Å². The molecule has 2 nitrogen and oxygen atoms in total.